The highest BCUT2D eigenvalue weighted by atomic mass is 16.2. The molecule has 1 N–H and O–H groups in total. The fourth-order valence-corrected chi connectivity index (χ4v) is 2.55. The molecule has 2 aromatic rings. The first-order valence-corrected chi connectivity index (χ1v) is 7.75. The molecule has 23 heavy (non-hydrogen) atoms. The average molecular weight is 313 g/mol. The predicted molar refractivity (Wildman–Crippen MR) is 90.4 cm³/mol. The summed E-state index contributed by atoms with van der Waals surface area (Å²) in [5, 5.41) is 2.91. The van der Waals surface area contributed by atoms with E-state index < -0.39 is 0 Å². The van der Waals surface area contributed by atoms with Crippen molar-refractivity contribution in [2.24, 2.45) is 0 Å². The Bertz CT molecular complexity index is 778. The number of nitrogens with one attached hydrogen (secondary N) is 1. The van der Waals surface area contributed by atoms with Crippen LogP contribution in [0.4, 0.5) is 0 Å². The summed E-state index contributed by atoms with van der Waals surface area (Å²) >= 11 is 0. The molecule has 0 aliphatic rings. The molecule has 0 aliphatic carbocycles. The van der Waals surface area contributed by atoms with Crippen molar-refractivity contribution in [2.75, 3.05) is 0 Å². The molecule has 1 aromatic carbocycles. The Morgan fingerprint density at radius 3 is 2.65 bits per heavy atom. The van der Waals surface area contributed by atoms with Gasteiger partial charge in [-0.15, -0.1) is 0 Å². The first kappa shape index (κ1) is 16.9. The maximum absolute atomic E-state index is 12.0. The number of hydrogen-bond donors (Lipinski definition) is 1. The van der Waals surface area contributed by atoms with E-state index in [9.17, 15) is 9.59 Å². The fraction of sp³-hybridized carbons (Fsp3) is 0.389. The van der Waals surface area contributed by atoms with Crippen LogP contribution in [0, 0.1) is 27.7 Å². The lowest BCUT2D eigenvalue weighted by molar-refractivity contribution is -0.121. The van der Waals surface area contributed by atoms with Gasteiger partial charge >= 0.3 is 5.69 Å². The molecule has 1 aromatic heterocycles. The normalized spacial score (nSPS) is 10.6. The molecule has 2 rings (SSSR count). The molecule has 0 bridgehead atoms. The van der Waals surface area contributed by atoms with Crippen LogP contribution in [0.2, 0.25) is 0 Å². The second-order valence-corrected chi connectivity index (χ2v) is 5.86. The molecule has 0 spiro atoms. The molecule has 1 heterocycles. The monoisotopic (exact) mass is 313 g/mol. The second kappa shape index (κ2) is 7.22. The zero-order valence-corrected chi connectivity index (χ0v) is 14.1. The number of carbonyl (C=O) groups is 1. The number of hydrogen-bond acceptors (Lipinski definition) is 3. The van der Waals surface area contributed by atoms with E-state index in [0.29, 0.717) is 18.8 Å². The highest BCUT2D eigenvalue weighted by Crippen LogP contribution is 2.12. The Morgan fingerprint density at radius 1 is 1.22 bits per heavy atom. The Hall–Kier alpha value is -2.43. The Kier molecular flexibility index (Phi) is 5.32. The number of nitrogens with zero attached hydrogens (tertiary/aromatic N) is 2. The summed E-state index contributed by atoms with van der Waals surface area (Å²) in [7, 11) is 0. The first-order chi connectivity index (χ1) is 10.9. The molecule has 0 radical (unpaired) electrons. The third kappa shape index (κ3) is 4.28. The molecule has 0 saturated carbocycles. The lowest BCUT2D eigenvalue weighted by atomic mass is 10.0. The molecule has 0 fully saturated rings. The van der Waals surface area contributed by atoms with Gasteiger partial charge in [0.1, 0.15) is 0 Å². The highest BCUT2D eigenvalue weighted by molar-refractivity contribution is 5.75. The van der Waals surface area contributed by atoms with E-state index in [1.54, 1.807) is 6.92 Å². The van der Waals surface area contributed by atoms with Gasteiger partial charge in [-0.2, -0.15) is 4.98 Å². The van der Waals surface area contributed by atoms with Crippen molar-refractivity contribution in [3.05, 3.63) is 62.8 Å². The van der Waals surface area contributed by atoms with Gasteiger partial charge < -0.3 is 5.32 Å². The van der Waals surface area contributed by atoms with Gasteiger partial charge in [0, 0.05) is 30.9 Å². The standard InChI is InChI=1S/C18H23N3O2/c1-12-6-5-7-16(15(12)4)11-19-17(22)8-9-21-14(3)10-13(2)20-18(21)23/h5-7,10H,8-9,11H2,1-4H3,(H,19,22). The maximum atomic E-state index is 12.0. The van der Waals surface area contributed by atoms with Crippen LogP contribution in [-0.4, -0.2) is 15.5 Å². The molecule has 0 atom stereocenters. The SMILES string of the molecule is Cc1cc(C)n(CCC(=O)NCc2cccc(C)c2C)c(=O)n1. The van der Waals surface area contributed by atoms with E-state index in [4.69, 9.17) is 0 Å². The quantitative estimate of drug-likeness (QED) is 0.920. The summed E-state index contributed by atoms with van der Waals surface area (Å²) in [4.78, 5) is 27.8. The van der Waals surface area contributed by atoms with Gasteiger partial charge in [-0.05, 0) is 50.5 Å². The largest absolute Gasteiger partial charge is 0.352 e. The van der Waals surface area contributed by atoms with Gasteiger partial charge in [0.15, 0.2) is 0 Å². The Labute approximate surface area is 136 Å². The smallest absolute Gasteiger partial charge is 0.347 e. The van der Waals surface area contributed by atoms with E-state index in [1.807, 2.05) is 25.1 Å². The molecule has 1 amide bonds. The summed E-state index contributed by atoms with van der Waals surface area (Å²) in [6.07, 6.45) is 0.260. The zero-order chi connectivity index (χ0) is 17.0. The Balaban J connectivity index is 1.94. The topological polar surface area (TPSA) is 64.0 Å². The van der Waals surface area contributed by atoms with Crippen LogP contribution in [0.3, 0.4) is 0 Å². The Morgan fingerprint density at radius 2 is 1.96 bits per heavy atom. The van der Waals surface area contributed by atoms with Crippen LogP contribution in [-0.2, 0) is 17.9 Å². The molecular formula is C18H23N3O2. The minimum absolute atomic E-state index is 0.0715. The number of carbonyl (C=O) groups excluding carboxylic acids is 1. The summed E-state index contributed by atoms with van der Waals surface area (Å²) in [5.74, 6) is -0.0715. The van der Waals surface area contributed by atoms with E-state index >= 15 is 0 Å². The van der Waals surface area contributed by atoms with Gasteiger partial charge in [-0.3, -0.25) is 9.36 Å². The third-order valence-electron chi connectivity index (χ3n) is 4.10. The van der Waals surface area contributed by atoms with Crippen molar-refractivity contribution in [3.8, 4) is 0 Å². The summed E-state index contributed by atoms with van der Waals surface area (Å²) in [5.41, 5.74) is 4.74. The fourth-order valence-electron chi connectivity index (χ4n) is 2.55. The van der Waals surface area contributed by atoms with E-state index in [0.717, 1.165) is 11.3 Å². The van der Waals surface area contributed by atoms with Crippen LogP contribution in [0.1, 0.15) is 34.5 Å². The van der Waals surface area contributed by atoms with Crippen molar-refractivity contribution < 1.29 is 4.79 Å². The number of rotatable bonds is 5. The number of aryl methyl sites for hydroxylation is 3. The van der Waals surface area contributed by atoms with E-state index in [-0.39, 0.29) is 18.0 Å². The third-order valence-corrected chi connectivity index (χ3v) is 4.10. The second-order valence-electron chi connectivity index (χ2n) is 5.86. The molecule has 122 valence electrons. The number of aromatic nitrogens is 2. The minimum Gasteiger partial charge on any atom is -0.352 e. The van der Waals surface area contributed by atoms with Crippen LogP contribution in [0.15, 0.2) is 29.1 Å². The summed E-state index contributed by atoms with van der Waals surface area (Å²) < 4.78 is 1.53. The van der Waals surface area contributed by atoms with Crippen molar-refractivity contribution in [1.29, 1.82) is 0 Å². The number of amides is 1. The van der Waals surface area contributed by atoms with Crippen molar-refractivity contribution in [1.82, 2.24) is 14.9 Å². The minimum atomic E-state index is -0.301. The van der Waals surface area contributed by atoms with E-state index in [2.05, 4.69) is 30.2 Å². The molecule has 0 saturated heterocycles. The lowest BCUT2D eigenvalue weighted by Crippen LogP contribution is -2.29. The molecule has 5 nitrogen and oxygen atoms in total. The van der Waals surface area contributed by atoms with Gasteiger partial charge in [0.05, 0.1) is 0 Å². The van der Waals surface area contributed by atoms with Gasteiger partial charge in [0.25, 0.3) is 0 Å². The first-order valence-electron chi connectivity index (χ1n) is 7.75. The molecular weight excluding hydrogens is 290 g/mol. The van der Waals surface area contributed by atoms with Crippen LogP contribution >= 0.6 is 0 Å². The summed E-state index contributed by atoms with van der Waals surface area (Å²) in [6, 6.07) is 7.90. The maximum Gasteiger partial charge on any atom is 0.347 e. The summed E-state index contributed by atoms with van der Waals surface area (Å²) in [6.45, 7) is 8.60. The number of benzene rings is 1. The van der Waals surface area contributed by atoms with Crippen LogP contribution < -0.4 is 11.0 Å². The van der Waals surface area contributed by atoms with Crippen molar-refractivity contribution >= 4 is 5.91 Å². The molecule has 5 heteroatoms. The van der Waals surface area contributed by atoms with Crippen LogP contribution in [0.25, 0.3) is 0 Å². The van der Waals surface area contributed by atoms with Gasteiger partial charge in [-0.25, -0.2) is 4.79 Å². The van der Waals surface area contributed by atoms with Gasteiger partial charge in [0.2, 0.25) is 5.91 Å². The average Bonchev–Trinajstić information content (AvgIpc) is 2.47. The van der Waals surface area contributed by atoms with Crippen LogP contribution in [0.5, 0.6) is 0 Å². The predicted octanol–water partition coefficient (Wildman–Crippen LogP) is 2.18. The van der Waals surface area contributed by atoms with Crippen molar-refractivity contribution in [2.45, 2.75) is 47.2 Å². The molecule has 0 unspecified atom stereocenters. The van der Waals surface area contributed by atoms with Crippen molar-refractivity contribution in [3.63, 3.8) is 0 Å². The van der Waals surface area contributed by atoms with E-state index in [1.165, 1.54) is 15.7 Å². The molecule has 0 aliphatic heterocycles. The zero-order valence-electron chi connectivity index (χ0n) is 14.1. The highest BCUT2D eigenvalue weighted by Gasteiger charge is 2.07. The van der Waals surface area contributed by atoms with Gasteiger partial charge in [-0.1, -0.05) is 18.2 Å². The lowest BCUT2D eigenvalue weighted by Gasteiger charge is -2.11.